The van der Waals surface area contributed by atoms with Gasteiger partial charge < -0.3 is 4.74 Å². The van der Waals surface area contributed by atoms with Gasteiger partial charge in [0, 0.05) is 13.7 Å². The van der Waals surface area contributed by atoms with Crippen LogP contribution in [-0.2, 0) is 11.8 Å². The second kappa shape index (κ2) is 3.16. The molecule has 0 bridgehead atoms. The van der Waals surface area contributed by atoms with Gasteiger partial charge in [0.15, 0.2) is 5.82 Å². The van der Waals surface area contributed by atoms with Crippen LogP contribution in [0.1, 0.15) is 30.4 Å². The summed E-state index contributed by atoms with van der Waals surface area (Å²) in [4.78, 5) is 15.9. The Kier molecular flexibility index (Phi) is 2.11. The minimum absolute atomic E-state index is 0.0741. The lowest BCUT2D eigenvalue weighted by molar-refractivity contribution is 0.0200. The highest BCUT2D eigenvalue weighted by Crippen LogP contribution is 2.27. The Balaban J connectivity index is 2.28. The SMILES string of the molecule is Cn1ncnc1C(=O)C1(C)CCCO1. The van der Waals surface area contributed by atoms with Crippen LogP contribution in [0.4, 0.5) is 0 Å². The van der Waals surface area contributed by atoms with Gasteiger partial charge in [0.05, 0.1) is 0 Å². The van der Waals surface area contributed by atoms with Crippen molar-refractivity contribution in [2.75, 3.05) is 6.61 Å². The van der Waals surface area contributed by atoms with E-state index < -0.39 is 5.60 Å². The molecule has 2 rings (SSSR count). The lowest BCUT2D eigenvalue weighted by Crippen LogP contribution is -2.36. The van der Waals surface area contributed by atoms with Crippen LogP contribution in [-0.4, -0.2) is 32.8 Å². The maximum Gasteiger partial charge on any atom is 0.231 e. The zero-order valence-electron chi connectivity index (χ0n) is 8.36. The number of Topliss-reactive ketones (excluding diaryl/α,β-unsaturated/α-hetero) is 1. The quantitative estimate of drug-likeness (QED) is 0.647. The first kappa shape index (κ1) is 9.33. The van der Waals surface area contributed by atoms with E-state index in [0.29, 0.717) is 12.4 Å². The Morgan fingerprint density at radius 1 is 1.71 bits per heavy atom. The van der Waals surface area contributed by atoms with Crippen molar-refractivity contribution in [1.82, 2.24) is 14.8 Å². The van der Waals surface area contributed by atoms with Crippen LogP contribution in [0, 0.1) is 0 Å². The molecule has 1 saturated heterocycles. The van der Waals surface area contributed by atoms with E-state index in [9.17, 15) is 4.79 Å². The first-order valence-corrected chi connectivity index (χ1v) is 4.66. The summed E-state index contributed by atoms with van der Waals surface area (Å²) in [5.41, 5.74) is -0.694. The molecule has 0 aromatic carbocycles. The van der Waals surface area contributed by atoms with Gasteiger partial charge in [-0.1, -0.05) is 0 Å². The molecule has 5 heteroatoms. The number of ether oxygens (including phenoxy) is 1. The van der Waals surface area contributed by atoms with Gasteiger partial charge in [-0.3, -0.25) is 4.79 Å². The number of aromatic nitrogens is 3. The molecule has 0 spiro atoms. The monoisotopic (exact) mass is 195 g/mol. The molecule has 5 nitrogen and oxygen atoms in total. The van der Waals surface area contributed by atoms with Crippen LogP contribution in [0.3, 0.4) is 0 Å². The summed E-state index contributed by atoms with van der Waals surface area (Å²) in [5.74, 6) is 0.296. The van der Waals surface area contributed by atoms with E-state index in [0.717, 1.165) is 12.8 Å². The average Bonchev–Trinajstić information content (AvgIpc) is 2.74. The van der Waals surface area contributed by atoms with Crippen LogP contribution in [0.15, 0.2) is 6.33 Å². The number of ketones is 1. The third-order valence-electron chi connectivity index (χ3n) is 2.61. The van der Waals surface area contributed by atoms with Gasteiger partial charge in [-0.25, -0.2) is 9.67 Å². The van der Waals surface area contributed by atoms with Crippen LogP contribution >= 0.6 is 0 Å². The molecule has 1 fully saturated rings. The second-order valence-electron chi connectivity index (χ2n) is 3.72. The lowest BCUT2D eigenvalue weighted by atomic mass is 9.97. The number of carbonyl (C=O) groups is 1. The molecule has 0 saturated carbocycles. The summed E-state index contributed by atoms with van der Waals surface area (Å²) >= 11 is 0. The van der Waals surface area contributed by atoms with Crippen molar-refractivity contribution in [1.29, 1.82) is 0 Å². The number of hydrogen-bond acceptors (Lipinski definition) is 4. The molecule has 1 aromatic rings. The molecule has 2 heterocycles. The Bertz CT molecular complexity index is 353. The number of hydrogen-bond donors (Lipinski definition) is 0. The summed E-state index contributed by atoms with van der Waals surface area (Å²) < 4.78 is 6.93. The van der Waals surface area contributed by atoms with Crippen LogP contribution in [0.2, 0.25) is 0 Å². The minimum atomic E-state index is -0.694. The Morgan fingerprint density at radius 3 is 3.00 bits per heavy atom. The van der Waals surface area contributed by atoms with E-state index in [-0.39, 0.29) is 5.78 Å². The van der Waals surface area contributed by atoms with Gasteiger partial charge >= 0.3 is 0 Å². The number of nitrogens with zero attached hydrogens (tertiary/aromatic N) is 3. The topological polar surface area (TPSA) is 57.0 Å². The molecule has 1 atom stereocenters. The van der Waals surface area contributed by atoms with Crippen molar-refractivity contribution < 1.29 is 9.53 Å². The van der Waals surface area contributed by atoms with Crippen molar-refractivity contribution in [3.8, 4) is 0 Å². The molecule has 76 valence electrons. The van der Waals surface area contributed by atoms with Gasteiger partial charge in [-0.15, -0.1) is 0 Å². The van der Waals surface area contributed by atoms with Crippen molar-refractivity contribution in [3.05, 3.63) is 12.2 Å². The number of rotatable bonds is 2. The van der Waals surface area contributed by atoms with E-state index in [1.54, 1.807) is 7.05 Å². The molecule has 1 unspecified atom stereocenters. The summed E-state index contributed by atoms with van der Waals surface area (Å²) in [7, 11) is 1.71. The minimum Gasteiger partial charge on any atom is -0.367 e. The number of carbonyl (C=O) groups excluding carboxylic acids is 1. The fraction of sp³-hybridized carbons (Fsp3) is 0.667. The van der Waals surface area contributed by atoms with Gasteiger partial charge in [0.1, 0.15) is 11.9 Å². The fourth-order valence-electron chi connectivity index (χ4n) is 1.70. The maximum atomic E-state index is 12.0. The van der Waals surface area contributed by atoms with Crippen molar-refractivity contribution in [3.63, 3.8) is 0 Å². The van der Waals surface area contributed by atoms with Gasteiger partial charge in [-0.05, 0) is 19.8 Å². The molecule has 1 aliphatic rings. The average molecular weight is 195 g/mol. The molecule has 0 N–H and O–H groups in total. The van der Waals surface area contributed by atoms with Crippen molar-refractivity contribution in [2.24, 2.45) is 7.05 Å². The molecular formula is C9H13N3O2. The molecule has 0 aliphatic carbocycles. The standard InChI is InChI=1S/C9H13N3O2/c1-9(4-3-5-14-9)7(13)8-10-6-11-12(8)2/h6H,3-5H2,1-2H3. The zero-order chi connectivity index (χ0) is 10.2. The summed E-state index contributed by atoms with van der Waals surface area (Å²) in [6.07, 6.45) is 3.07. The zero-order valence-corrected chi connectivity index (χ0v) is 8.36. The lowest BCUT2D eigenvalue weighted by Gasteiger charge is -2.20. The first-order valence-electron chi connectivity index (χ1n) is 4.66. The predicted molar refractivity (Wildman–Crippen MR) is 48.9 cm³/mol. The van der Waals surface area contributed by atoms with E-state index in [1.807, 2.05) is 6.92 Å². The van der Waals surface area contributed by atoms with Crippen molar-refractivity contribution >= 4 is 5.78 Å². The van der Waals surface area contributed by atoms with E-state index in [4.69, 9.17) is 4.74 Å². The molecule has 0 amide bonds. The summed E-state index contributed by atoms with van der Waals surface area (Å²) in [5, 5.41) is 3.87. The Labute approximate surface area is 82.1 Å². The van der Waals surface area contributed by atoms with Crippen LogP contribution in [0.25, 0.3) is 0 Å². The van der Waals surface area contributed by atoms with Gasteiger partial charge in [0.2, 0.25) is 5.78 Å². The highest BCUT2D eigenvalue weighted by Gasteiger charge is 2.40. The van der Waals surface area contributed by atoms with Gasteiger partial charge in [0.25, 0.3) is 0 Å². The van der Waals surface area contributed by atoms with E-state index >= 15 is 0 Å². The van der Waals surface area contributed by atoms with Crippen LogP contribution in [0.5, 0.6) is 0 Å². The predicted octanol–water partition coefficient (Wildman–Crippen LogP) is 0.567. The fourth-order valence-corrected chi connectivity index (χ4v) is 1.70. The van der Waals surface area contributed by atoms with E-state index in [2.05, 4.69) is 10.1 Å². The highest BCUT2D eigenvalue weighted by atomic mass is 16.5. The van der Waals surface area contributed by atoms with E-state index in [1.165, 1.54) is 11.0 Å². The summed E-state index contributed by atoms with van der Waals surface area (Å²) in [6, 6.07) is 0. The van der Waals surface area contributed by atoms with Crippen molar-refractivity contribution in [2.45, 2.75) is 25.4 Å². The number of aryl methyl sites for hydroxylation is 1. The smallest absolute Gasteiger partial charge is 0.231 e. The largest absolute Gasteiger partial charge is 0.367 e. The molecule has 1 aliphatic heterocycles. The molecule has 1 aromatic heterocycles. The Hall–Kier alpha value is -1.23. The maximum absolute atomic E-state index is 12.0. The third kappa shape index (κ3) is 1.33. The Morgan fingerprint density at radius 2 is 2.50 bits per heavy atom. The molecule has 14 heavy (non-hydrogen) atoms. The second-order valence-corrected chi connectivity index (χ2v) is 3.72. The van der Waals surface area contributed by atoms with Gasteiger partial charge in [-0.2, -0.15) is 5.10 Å². The summed E-state index contributed by atoms with van der Waals surface area (Å²) in [6.45, 7) is 2.47. The normalized spacial score (nSPS) is 26.7. The molecular weight excluding hydrogens is 182 g/mol. The first-order chi connectivity index (χ1) is 6.63. The molecule has 0 radical (unpaired) electrons. The highest BCUT2D eigenvalue weighted by molar-refractivity contribution is 5.99. The third-order valence-corrected chi connectivity index (χ3v) is 2.61. The van der Waals surface area contributed by atoms with Crippen LogP contribution < -0.4 is 0 Å².